The third kappa shape index (κ3) is 3.16. The average Bonchev–Trinajstić information content (AvgIpc) is 3.30. The van der Waals surface area contributed by atoms with Gasteiger partial charge in [-0.1, -0.05) is 49.2 Å². The summed E-state index contributed by atoms with van der Waals surface area (Å²) < 4.78 is 3.72. The molecule has 9 heteroatoms. The van der Waals surface area contributed by atoms with Gasteiger partial charge in [0.05, 0.1) is 17.5 Å². The third-order valence-corrected chi connectivity index (χ3v) is 5.18. The molecule has 124 valence electrons. The van der Waals surface area contributed by atoms with Crippen molar-refractivity contribution in [3.63, 3.8) is 0 Å². The first-order valence-corrected chi connectivity index (χ1v) is 9.14. The van der Waals surface area contributed by atoms with Crippen LogP contribution in [0.5, 0.6) is 0 Å². The largest absolute Gasteiger partial charge is 0.217 e. The van der Waals surface area contributed by atoms with Crippen molar-refractivity contribution in [1.82, 2.24) is 40.4 Å². The molecular weight excluding hydrogens is 324 g/mol. The molecule has 0 spiro atoms. The van der Waals surface area contributed by atoms with E-state index in [4.69, 9.17) is 0 Å². The molecule has 4 rings (SSSR count). The van der Waals surface area contributed by atoms with Crippen LogP contribution in [0.2, 0.25) is 0 Å². The van der Waals surface area contributed by atoms with Gasteiger partial charge in [0.15, 0.2) is 5.82 Å². The second-order valence-electron chi connectivity index (χ2n) is 5.83. The quantitative estimate of drug-likeness (QED) is 0.658. The number of benzene rings is 1. The molecule has 8 nitrogen and oxygen atoms in total. The van der Waals surface area contributed by atoms with E-state index in [-0.39, 0.29) is 0 Å². The van der Waals surface area contributed by atoms with E-state index in [2.05, 4.69) is 31.1 Å². The van der Waals surface area contributed by atoms with E-state index in [9.17, 15) is 0 Å². The zero-order valence-corrected chi connectivity index (χ0v) is 14.0. The molecule has 1 aliphatic rings. The van der Waals surface area contributed by atoms with Gasteiger partial charge >= 0.3 is 0 Å². The molecule has 1 aliphatic carbocycles. The van der Waals surface area contributed by atoms with Gasteiger partial charge in [-0.05, 0) is 45.8 Å². The van der Waals surface area contributed by atoms with E-state index in [1.165, 1.54) is 19.3 Å². The van der Waals surface area contributed by atoms with Gasteiger partial charge in [-0.25, -0.2) is 4.68 Å². The second-order valence-corrected chi connectivity index (χ2v) is 6.77. The fourth-order valence-corrected chi connectivity index (χ4v) is 3.88. The summed E-state index contributed by atoms with van der Waals surface area (Å²) in [5, 5.41) is 25.1. The number of nitrogens with zero attached hydrogens (tertiary/aromatic N) is 8. The van der Waals surface area contributed by atoms with E-state index in [1.807, 2.05) is 35.0 Å². The summed E-state index contributed by atoms with van der Waals surface area (Å²) in [6.07, 6.45) is 6.12. The van der Waals surface area contributed by atoms with Gasteiger partial charge in [0.25, 0.3) is 0 Å². The molecule has 24 heavy (non-hydrogen) atoms. The van der Waals surface area contributed by atoms with Crippen LogP contribution >= 0.6 is 11.8 Å². The number of hydrogen-bond acceptors (Lipinski definition) is 7. The Bertz CT molecular complexity index is 778. The second kappa shape index (κ2) is 7.08. The number of thioether (sulfide) groups is 1. The first-order valence-electron chi connectivity index (χ1n) is 8.15. The van der Waals surface area contributed by atoms with E-state index in [1.54, 1.807) is 16.4 Å². The highest BCUT2D eigenvalue weighted by atomic mass is 32.2. The van der Waals surface area contributed by atoms with Gasteiger partial charge < -0.3 is 0 Å². The van der Waals surface area contributed by atoms with Crippen molar-refractivity contribution in [3.8, 4) is 5.69 Å². The number of tetrazole rings is 2. The van der Waals surface area contributed by atoms with Crippen molar-refractivity contribution in [2.24, 2.45) is 0 Å². The number of aromatic nitrogens is 8. The Hall–Kier alpha value is -2.29. The summed E-state index contributed by atoms with van der Waals surface area (Å²) in [5.74, 6) is 1.40. The fourth-order valence-electron chi connectivity index (χ4n) is 3.03. The van der Waals surface area contributed by atoms with Crippen LogP contribution in [0.3, 0.4) is 0 Å². The minimum atomic E-state index is 0.418. The molecule has 0 bridgehead atoms. The van der Waals surface area contributed by atoms with E-state index in [0.717, 1.165) is 29.5 Å². The van der Waals surface area contributed by atoms with Crippen molar-refractivity contribution in [2.75, 3.05) is 0 Å². The van der Waals surface area contributed by atoms with E-state index >= 15 is 0 Å². The van der Waals surface area contributed by atoms with Crippen molar-refractivity contribution in [2.45, 2.75) is 49.1 Å². The lowest BCUT2D eigenvalue weighted by molar-refractivity contribution is 0.307. The zero-order chi connectivity index (χ0) is 16.2. The lowest BCUT2D eigenvalue weighted by atomic mass is 9.96. The Kier molecular flexibility index (Phi) is 4.50. The molecule has 0 unspecified atom stereocenters. The van der Waals surface area contributed by atoms with Crippen LogP contribution < -0.4 is 0 Å². The maximum absolute atomic E-state index is 4.20. The van der Waals surface area contributed by atoms with Crippen molar-refractivity contribution in [1.29, 1.82) is 0 Å². The Balaban J connectivity index is 1.49. The number of hydrogen-bond donors (Lipinski definition) is 0. The molecule has 0 aliphatic heterocycles. The number of para-hydroxylation sites is 1. The summed E-state index contributed by atoms with van der Waals surface area (Å²) in [6, 6.07) is 10.3. The highest BCUT2D eigenvalue weighted by Crippen LogP contribution is 2.31. The van der Waals surface area contributed by atoms with E-state index < -0.39 is 0 Å². The summed E-state index contributed by atoms with van der Waals surface area (Å²) >= 11 is 1.58. The van der Waals surface area contributed by atoms with Crippen molar-refractivity contribution < 1.29 is 0 Å². The van der Waals surface area contributed by atoms with Gasteiger partial charge in [-0.2, -0.15) is 4.68 Å². The predicted molar refractivity (Wildman–Crippen MR) is 88.7 cm³/mol. The molecule has 1 fully saturated rings. The molecule has 0 N–H and O–H groups in total. The summed E-state index contributed by atoms with van der Waals surface area (Å²) in [4.78, 5) is 0. The first-order chi connectivity index (χ1) is 11.9. The van der Waals surface area contributed by atoms with Gasteiger partial charge in [0, 0.05) is 0 Å². The molecule has 3 aromatic rings. The molecular formula is C15H18N8S. The van der Waals surface area contributed by atoms with Gasteiger partial charge in [-0.15, -0.1) is 10.2 Å². The Morgan fingerprint density at radius 2 is 1.75 bits per heavy atom. The van der Waals surface area contributed by atoms with Gasteiger partial charge in [-0.3, -0.25) is 0 Å². The van der Waals surface area contributed by atoms with Crippen LogP contribution in [0.25, 0.3) is 5.69 Å². The minimum absolute atomic E-state index is 0.418. The van der Waals surface area contributed by atoms with Crippen LogP contribution in [0.4, 0.5) is 0 Å². The summed E-state index contributed by atoms with van der Waals surface area (Å²) in [5.41, 5.74) is 0.949. The van der Waals surface area contributed by atoms with Crippen LogP contribution in [0.1, 0.15) is 44.0 Å². The minimum Gasteiger partial charge on any atom is -0.217 e. The standard InChI is InChI=1S/C15H18N8S/c1-3-7-12(8-4-1)22-14(16-18-20-22)11-24-15-17-19-21-23(15)13-9-5-2-6-10-13/h1,3-4,7-8,13H,2,5-6,9-11H2. The lowest BCUT2D eigenvalue weighted by Gasteiger charge is -2.21. The third-order valence-electron chi connectivity index (χ3n) is 4.25. The molecule has 1 aromatic carbocycles. The highest BCUT2D eigenvalue weighted by Gasteiger charge is 2.21. The maximum Gasteiger partial charge on any atom is 0.210 e. The van der Waals surface area contributed by atoms with Crippen molar-refractivity contribution in [3.05, 3.63) is 36.2 Å². The van der Waals surface area contributed by atoms with Crippen molar-refractivity contribution >= 4 is 11.8 Å². The van der Waals surface area contributed by atoms with Gasteiger partial charge in [0.2, 0.25) is 5.16 Å². The normalized spacial score (nSPS) is 15.7. The topological polar surface area (TPSA) is 87.2 Å². The van der Waals surface area contributed by atoms with E-state index in [0.29, 0.717) is 11.8 Å². The molecule has 2 aromatic heterocycles. The molecule has 0 amide bonds. The Morgan fingerprint density at radius 3 is 2.58 bits per heavy atom. The predicted octanol–water partition coefficient (Wildman–Crippen LogP) is 2.45. The molecule has 2 heterocycles. The molecule has 0 radical (unpaired) electrons. The summed E-state index contributed by atoms with van der Waals surface area (Å²) in [7, 11) is 0. The molecule has 1 saturated carbocycles. The first kappa shape index (κ1) is 15.3. The van der Waals surface area contributed by atoms with Crippen LogP contribution in [0.15, 0.2) is 35.5 Å². The maximum atomic E-state index is 4.20. The van der Waals surface area contributed by atoms with Crippen LogP contribution in [0, 0.1) is 0 Å². The fraction of sp³-hybridized carbons (Fsp3) is 0.467. The molecule has 0 saturated heterocycles. The summed E-state index contributed by atoms with van der Waals surface area (Å²) in [6.45, 7) is 0. The van der Waals surface area contributed by atoms with Crippen LogP contribution in [-0.2, 0) is 5.75 Å². The Labute approximate surface area is 143 Å². The Morgan fingerprint density at radius 1 is 0.958 bits per heavy atom. The van der Waals surface area contributed by atoms with Gasteiger partial charge in [0.1, 0.15) is 0 Å². The zero-order valence-electron chi connectivity index (χ0n) is 13.2. The monoisotopic (exact) mass is 342 g/mol. The number of rotatable bonds is 5. The highest BCUT2D eigenvalue weighted by molar-refractivity contribution is 7.98. The smallest absolute Gasteiger partial charge is 0.210 e. The lowest BCUT2D eigenvalue weighted by Crippen LogP contribution is -2.15. The molecule has 0 atom stereocenters. The van der Waals surface area contributed by atoms with Crippen LogP contribution in [-0.4, -0.2) is 40.4 Å². The SMILES string of the molecule is c1ccc(-n2nnnc2CSc2nnnn2C2CCCCC2)cc1. The average molecular weight is 342 g/mol.